The van der Waals surface area contributed by atoms with Gasteiger partial charge in [0, 0.05) is 5.56 Å². The molecule has 2 aromatic carbocycles. The van der Waals surface area contributed by atoms with Gasteiger partial charge in [0.15, 0.2) is 0 Å². The lowest BCUT2D eigenvalue weighted by Crippen LogP contribution is -1.90. The fraction of sp³-hybridized carbons (Fsp3) is 0.200. The summed E-state index contributed by atoms with van der Waals surface area (Å²) in [5.41, 5.74) is 4.93. The highest BCUT2D eigenvalue weighted by Crippen LogP contribution is 2.32. The van der Waals surface area contributed by atoms with Gasteiger partial charge in [0.25, 0.3) is 0 Å². The summed E-state index contributed by atoms with van der Waals surface area (Å²) in [6, 6.07) is 14.6. The molecule has 90 valence electrons. The second-order valence-corrected chi connectivity index (χ2v) is 4.02. The van der Waals surface area contributed by atoms with E-state index in [-0.39, 0.29) is 5.48 Å². The monoisotopic (exact) mass is 230 g/mol. The van der Waals surface area contributed by atoms with Gasteiger partial charge in [-0.25, -0.2) is 0 Å². The molecule has 0 fully saturated rings. The fourth-order valence-electron chi connectivity index (χ4n) is 1.91. The average molecular weight is 230 g/mol. The zero-order valence-corrected chi connectivity index (χ0v) is 10.4. The number of hydrogen-bond donors (Lipinski definition) is 0. The minimum absolute atomic E-state index is 0. The van der Waals surface area contributed by atoms with Crippen LogP contribution in [-0.4, -0.2) is 12.6 Å². The van der Waals surface area contributed by atoms with Gasteiger partial charge in [0.1, 0.15) is 5.75 Å². The number of rotatable bonds is 2. The molecule has 2 rings (SSSR count). The second kappa shape index (κ2) is 5.51. The fourth-order valence-corrected chi connectivity index (χ4v) is 1.91. The molecule has 0 bridgehead atoms. The molecule has 0 heterocycles. The van der Waals surface area contributed by atoms with Gasteiger partial charge in [0.05, 0.1) is 7.11 Å². The minimum atomic E-state index is 0. The third-order valence-corrected chi connectivity index (χ3v) is 2.79. The van der Waals surface area contributed by atoms with Crippen LogP contribution in [0.3, 0.4) is 0 Å². The summed E-state index contributed by atoms with van der Waals surface area (Å²) in [5.74, 6) is 0.930. The van der Waals surface area contributed by atoms with E-state index in [4.69, 9.17) is 4.74 Å². The van der Waals surface area contributed by atoms with Gasteiger partial charge >= 0.3 is 0 Å². The van der Waals surface area contributed by atoms with Crippen LogP contribution in [0.4, 0.5) is 0 Å². The molecule has 0 spiro atoms. The van der Waals surface area contributed by atoms with Crippen LogP contribution in [0.15, 0.2) is 42.5 Å². The van der Waals surface area contributed by atoms with Crippen molar-refractivity contribution in [3.63, 3.8) is 0 Å². The highest BCUT2D eigenvalue weighted by Gasteiger charge is 2.07. The Morgan fingerprint density at radius 3 is 2.24 bits per heavy atom. The SMILES string of the molecule is COc1ccc(C)cc1-c1ccccc1C.O. The maximum atomic E-state index is 5.41. The molecule has 2 N–H and O–H groups in total. The van der Waals surface area contributed by atoms with E-state index in [0.717, 1.165) is 5.75 Å². The van der Waals surface area contributed by atoms with E-state index in [9.17, 15) is 0 Å². The summed E-state index contributed by atoms with van der Waals surface area (Å²) in [6.07, 6.45) is 0. The van der Waals surface area contributed by atoms with E-state index < -0.39 is 0 Å². The number of hydrogen-bond acceptors (Lipinski definition) is 1. The van der Waals surface area contributed by atoms with Crippen LogP contribution in [0.5, 0.6) is 5.75 Å². The van der Waals surface area contributed by atoms with Crippen molar-refractivity contribution in [1.29, 1.82) is 0 Å². The Bertz CT molecular complexity index is 504. The molecule has 0 saturated heterocycles. The van der Waals surface area contributed by atoms with Gasteiger partial charge in [-0.05, 0) is 37.1 Å². The molecule has 0 aliphatic rings. The Balaban J connectivity index is 0.00000144. The van der Waals surface area contributed by atoms with Crippen molar-refractivity contribution in [1.82, 2.24) is 0 Å². The Morgan fingerprint density at radius 1 is 0.882 bits per heavy atom. The van der Waals surface area contributed by atoms with Crippen LogP contribution in [0.1, 0.15) is 11.1 Å². The lowest BCUT2D eigenvalue weighted by Gasteiger charge is -2.11. The molecular formula is C15H18O2. The summed E-state index contributed by atoms with van der Waals surface area (Å²) >= 11 is 0. The first kappa shape index (κ1) is 13.3. The summed E-state index contributed by atoms with van der Waals surface area (Å²) in [7, 11) is 1.71. The van der Waals surface area contributed by atoms with Gasteiger partial charge in [0.2, 0.25) is 0 Å². The van der Waals surface area contributed by atoms with Crippen LogP contribution < -0.4 is 4.74 Å². The number of ether oxygens (including phenoxy) is 1. The molecule has 0 aromatic heterocycles. The van der Waals surface area contributed by atoms with E-state index in [2.05, 4.69) is 50.2 Å². The highest BCUT2D eigenvalue weighted by molar-refractivity contribution is 5.73. The van der Waals surface area contributed by atoms with Gasteiger partial charge in [-0.2, -0.15) is 0 Å². The first-order valence-electron chi connectivity index (χ1n) is 5.43. The predicted molar refractivity (Wildman–Crippen MR) is 71.5 cm³/mol. The summed E-state index contributed by atoms with van der Waals surface area (Å²) < 4.78 is 5.41. The van der Waals surface area contributed by atoms with Crippen molar-refractivity contribution in [3.8, 4) is 16.9 Å². The van der Waals surface area contributed by atoms with Crippen molar-refractivity contribution >= 4 is 0 Å². The molecule has 2 nitrogen and oxygen atoms in total. The Hall–Kier alpha value is -1.80. The number of methoxy groups -OCH3 is 1. The summed E-state index contributed by atoms with van der Waals surface area (Å²) in [4.78, 5) is 0. The van der Waals surface area contributed by atoms with Crippen LogP contribution in [0.25, 0.3) is 11.1 Å². The maximum Gasteiger partial charge on any atom is 0.126 e. The van der Waals surface area contributed by atoms with Gasteiger partial charge in [-0.15, -0.1) is 0 Å². The first-order chi connectivity index (χ1) is 7.72. The molecule has 0 radical (unpaired) electrons. The smallest absolute Gasteiger partial charge is 0.126 e. The Kier molecular flexibility index (Phi) is 4.30. The first-order valence-corrected chi connectivity index (χ1v) is 5.43. The maximum absolute atomic E-state index is 5.41. The molecular weight excluding hydrogens is 212 g/mol. The molecule has 2 heteroatoms. The van der Waals surface area contributed by atoms with Crippen LogP contribution >= 0.6 is 0 Å². The van der Waals surface area contributed by atoms with Crippen LogP contribution in [-0.2, 0) is 0 Å². The topological polar surface area (TPSA) is 40.7 Å². The second-order valence-electron chi connectivity index (χ2n) is 4.02. The molecule has 0 saturated carbocycles. The van der Waals surface area contributed by atoms with E-state index in [0.29, 0.717) is 0 Å². The van der Waals surface area contributed by atoms with Crippen LogP contribution in [0.2, 0.25) is 0 Å². The zero-order chi connectivity index (χ0) is 11.5. The van der Waals surface area contributed by atoms with E-state index in [1.807, 2.05) is 6.07 Å². The quantitative estimate of drug-likeness (QED) is 0.781. The molecule has 0 aliphatic carbocycles. The Labute approximate surface area is 102 Å². The van der Waals surface area contributed by atoms with Crippen LogP contribution in [0, 0.1) is 13.8 Å². The number of benzene rings is 2. The lowest BCUT2D eigenvalue weighted by molar-refractivity contribution is 0.416. The van der Waals surface area contributed by atoms with Gasteiger partial charge in [-0.1, -0.05) is 35.9 Å². The lowest BCUT2D eigenvalue weighted by atomic mass is 9.98. The van der Waals surface area contributed by atoms with E-state index >= 15 is 0 Å². The summed E-state index contributed by atoms with van der Waals surface area (Å²) in [6.45, 7) is 4.22. The third-order valence-electron chi connectivity index (χ3n) is 2.79. The molecule has 17 heavy (non-hydrogen) atoms. The number of aryl methyl sites for hydroxylation is 2. The molecule has 0 amide bonds. The minimum Gasteiger partial charge on any atom is -0.496 e. The normalized spacial score (nSPS) is 9.59. The standard InChI is InChI=1S/C15H16O.H2O/c1-11-8-9-15(16-3)14(10-11)13-7-5-4-6-12(13)2;/h4-10H,1-3H3;1H2. The average Bonchev–Trinajstić information content (AvgIpc) is 2.29. The van der Waals surface area contributed by atoms with E-state index in [1.54, 1.807) is 7.11 Å². The zero-order valence-electron chi connectivity index (χ0n) is 10.4. The molecule has 0 atom stereocenters. The van der Waals surface area contributed by atoms with Gasteiger partial charge in [-0.3, -0.25) is 0 Å². The largest absolute Gasteiger partial charge is 0.496 e. The van der Waals surface area contributed by atoms with Crippen molar-refractivity contribution in [2.75, 3.05) is 7.11 Å². The van der Waals surface area contributed by atoms with Crippen molar-refractivity contribution in [2.24, 2.45) is 0 Å². The molecule has 0 aliphatic heterocycles. The molecule has 2 aromatic rings. The summed E-state index contributed by atoms with van der Waals surface area (Å²) in [5, 5.41) is 0. The van der Waals surface area contributed by atoms with E-state index in [1.165, 1.54) is 22.3 Å². The third kappa shape index (κ3) is 2.66. The predicted octanol–water partition coefficient (Wildman–Crippen LogP) is 3.15. The highest BCUT2D eigenvalue weighted by atomic mass is 16.5. The Morgan fingerprint density at radius 2 is 1.59 bits per heavy atom. The van der Waals surface area contributed by atoms with Crippen molar-refractivity contribution in [2.45, 2.75) is 13.8 Å². The molecule has 0 unspecified atom stereocenters. The van der Waals surface area contributed by atoms with Gasteiger partial charge < -0.3 is 10.2 Å². The van der Waals surface area contributed by atoms with Crippen molar-refractivity contribution in [3.05, 3.63) is 53.6 Å². The van der Waals surface area contributed by atoms with Crippen molar-refractivity contribution < 1.29 is 10.2 Å².